The molecule has 0 aliphatic heterocycles. The fraction of sp³-hybridized carbons (Fsp3) is 0.0833. The van der Waals surface area contributed by atoms with Crippen LogP contribution in [0, 0.1) is 13.8 Å². The van der Waals surface area contributed by atoms with Gasteiger partial charge in [-0.3, -0.25) is 19.1 Å². The molecule has 0 unspecified atom stereocenters. The molecule has 35 heavy (non-hydrogen) atoms. The Hall–Kier alpha value is -3.64. The van der Waals surface area contributed by atoms with Gasteiger partial charge >= 0.3 is 0 Å². The molecule has 0 fully saturated rings. The third-order valence-corrected chi connectivity index (χ3v) is 7.18. The van der Waals surface area contributed by atoms with Gasteiger partial charge in [0, 0.05) is 5.69 Å². The number of H-pyrrole nitrogens is 1. The normalized spacial score (nSPS) is 12.5. The van der Waals surface area contributed by atoms with Crippen LogP contribution in [-0.4, -0.2) is 43.9 Å². The zero-order valence-corrected chi connectivity index (χ0v) is 20.6. The zero-order chi connectivity index (χ0) is 26.0. The van der Waals surface area contributed by atoms with Crippen molar-refractivity contribution < 1.29 is 25.9 Å². The summed E-state index contributed by atoms with van der Waals surface area (Å²) in [5, 5.41) is 0. The molecule has 0 amide bonds. The molecule has 0 bridgehead atoms. The van der Waals surface area contributed by atoms with Crippen molar-refractivity contribution >= 4 is 62.8 Å². The van der Waals surface area contributed by atoms with E-state index in [-0.39, 0.29) is 22.5 Å². The first-order valence-electron chi connectivity index (χ1n) is 10.1. The van der Waals surface area contributed by atoms with Crippen molar-refractivity contribution in [2.75, 3.05) is 0 Å². The van der Waals surface area contributed by atoms with Gasteiger partial charge in [-0.2, -0.15) is 16.8 Å². The summed E-state index contributed by atoms with van der Waals surface area (Å²) in [5.74, 6) is 0. The Kier molecular flexibility index (Phi) is 7.36. The minimum absolute atomic E-state index is 0.0823. The summed E-state index contributed by atoms with van der Waals surface area (Å²) in [4.78, 5) is 10.3. The van der Waals surface area contributed by atoms with Crippen molar-refractivity contribution in [3.05, 3.63) is 76.6 Å². The highest BCUT2D eigenvalue weighted by Crippen LogP contribution is 2.28. The van der Waals surface area contributed by atoms with Gasteiger partial charge in [0.2, 0.25) is 0 Å². The predicted molar refractivity (Wildman–Crippen MR) is 138 cm³/mol. The second-order valence-corrected chi connectivity index (χ2v) is 10.3. The molecular weight excluding hydrogens is 490 g/mol. The molecule has 1 heterocycles. The molecule has 0 atom stereocenters. The standard InChI is InChI=1S/C24H23N3O6S2/c1-5-21-15(2)16(3)22(27-21)14-26-20-11-9-18(24(13-20)35(31,32)33)7-6-17-8-10-19(25-4)12-23(17)34(28,29)30/h5-14,27H,1,4H2,2-3H3,(H,28,29,30)(H,31,32,33)/b7-6+,26-14?. The Morgan fingerprint density at radius 2 is 1.31 bits per heavy atom. The number of hydrogen-bond acceptors (Lipinski definition) is 6. The minimum Gasteiger partial charge on any atom is -0.354 e. The Morgan fingerprint density at radius 1 is 0.829 bits per heavy atom. The van der Waals surface area contributed by atoms with Crippen LogP contribution in [0.5, 0.6) is 0 Å². The number of benzene rings is 2. The SMILES string of the molecule is C=Cc1[nH]c(C=Nc2ccc(/C=C/c3ccc(N=C)cc3S(=O)(=O)O)c(S(=O)(=O)O)c2)c(C)c1C. The van der Waals surface area contributed by atoms with Gasteiger partial charge in [-0.1, -0.05) is 30.9 Å². The molecule has 0 saturated heterocycles. The molecule has 0 radical (unpaired) electrons. The number of aliphatic imine (C=N–C) groups is 2. The first-order valence-corrected chi connectivity index (χ1v) is 13.0. The summed E-state index contributed by atoms with van der Waals surface area (Å²) in [6, 6.07) is 8.14. The molecule has 182 valence electrons. The van der Waals surface area contributed by atoms with Gasteiger partial charge in [-0.05, 0) is 73.2 Å². The quantitative estimate of drug-likeness (QED) is 0.219. The lowest BCUT2D eigenvalue weighted by molar-refractivity contribution is 0.480. The van der Waals surface area contributed by atoms with Gasteiger partial charge in [0.25, 0.3) is 20.2 Å². The van der Waals surface area contributed by atoms with Crippen molar-refractivity contribution in [3.8, 4) is 0 Å². The lowest BCUT2D eigenvalue weighted by Crippen LogP contribution is -2.01. The van der Waals surface area contributed by atoms with Crippen LogP contribution in [0.2, 0.25) is 0 Å². The highest BCUT2D eigenvalue weighted by Gasteiger charge is 2.17. The molecule has 3 rings (SSSR count). The van der Waals surface area contributed by atoms with Gasteiger partial charge in [-0.15, -0.1) is 0 Å². The molecule has 0 saturated carbocycles. The van der Waals surface area contributed by atoms with Gasteiger partial charge in [-0.25, -0.2) is 0 Å². The lowest BCUT2D eigenvalue weighted by atomic mass is 10.1. The van der Waals surface area contributed by atoms with E-state index in [1.54, 1.807) is 18.4 Å². The van der Waals surface area contributed by atoms with E-state index in [1.165, 1.54) is 36.4 Å². The summed E-state index contributed by atoms with van der Waals surface area (Å²) in [6.07, 6.45) is 5.83. The maximum absolute atomic E-state index is 12.0. The van der Waals surface area contributed by atoms with Crippen LogP contribution in [0.4, 0.5) is 11.4 Å². The number of nitrogens with zero attached hydrogens (tertiary/aromatic N) is 2. The second kappa shape index (κ2) is 9.92. The van der Waals surface area contributed by atoms with Crippen LogP contribution in [0.3, 0.4) is 0 Å². The number of aromatic amines is 1. The molecule has 11 heteroatoms. The molecule has 1 aromatic heterocycles. The largest absolute Gasteiger partial charge is 0.354 e. The van der Waals surface area contributed by atoms with E-state index in [2.05, 4.69) is 28.3 Å². The molecule has 2 aromatic carbocycles. The maximum atomic E-state index is 12.0. The minimum atomic E-state index is -4.64. The van der Waals surface area contributed by atoms with E-state index in [1.807, 2.05) is 13.8 Å². The fourth-order valence-corrected chi connectivity index (χ4v) is 4.74. The first-order chi connectivity index (χ1) is 16.3. The highest BCUT2D eigenvalue weighted by atomic mass is 32.2. The molecule has 0 aliphatic carbocycles. The van der Waals surface area contributed by atoms with Crippen molar-refractivity contribution in [1.82, 2.24) is 4.98 Å². The van der Waals surface area contributed by atoms with Crippen LogP contribution in [0.1, 0.15) is 33.6 Å². The maximum Gasteiger partial charge on any atom is 0.295 e. The molecule has 9 nitrogen and oxygen atoms in total. The summed E-state index contributed by atoms with van der Waals surface area (Å²) < 4.78 is 66.9. The third kappa shape index (κ3) is 5.89. The van der Waals surface area contributed by atoms with Crippen LogP contribution < -0.4 is 0 Å². The Balaban J connectivity index is 2.03. The van der Waals surface area contributed by atoms with Gasteiger partial charge in [0.05, 0.1) is 23.3 Å². The predicted octanol–water partition coefficient (Wildman–Crippen LogP) is 5.02. The Bertz CT molecular complexity index is 1600. The summed E-state index contributed by atoms with van der Waals surface area (Å²) in [5.41, 5.74) is 4.21. The Morgan fingerprint density at radius 3 is 1.77 bits per heavy atom. The summed E-state index contributed by atoms with van der Waals surface area (Å²) in [6.45, 7) is 10.9. The summed E-state index contributed by atoms with van der Waals surface area (Å²) in [7, 11) is -9.24. The van der Waals surface area contributed by atoms with E-state index in [0.717, 1.165) is 28.6 Å². The molecular formula is C24H23N3O6S2. The van der Waals surface area contributed by atoms with Crippen LogP contribution in [-0.2, 0) is 20.2 Å². The number of hydrogen-bond donors (Lipinski definition) is 3. The monoisotopic (exact) mass is 513 g/mol. The van der Waals surface area contributed by atoms with Crippen molar-refractivity contribution in [1.29, 1.82) is 0 Å². The zero-order valence-electron chi connectivity index (χ0n) is 18.9. The molecule has 0 aliphatic rings. The fourth-order valence-electron chi connectivity index (χ4n) is 3.34. The van der Waals surface area contributed by atoms with E-state index in [0.29, 0.717) is 0 Å². The third-order valence-electron chi connectivity index (χ3n) is 5.36. The lowest BCUT2D eigenvalue weighted by Gasteiger charge is -2.06. The number of aromatic nitrogens is 1. The van der Waals surface area contributed by atoms with Crippen molar-refractivity contribution in [3.63, 3.8) is 0 Å². The van der Waals surface area contributed by atoms with Crippen molar-refractivity contribution in [2.45, 2.75) is 23.6 Å². The second-order valence-electron chi connectivity index (χ2n) is 7.55. The van der Waals surface area contributed by atoms with Gasteiger partial charge in [0.15, 0.2) is 0 Å². The highest BCUT2D eigenvalue weighted by molar-refractivity contribution is 7.86. The van der Waals surface area contributed by atoms with Crippen LogP contribution in [0.15, 0.2) is 62.8 Å². The number of nitrogens with one attached hydrogen (secondary N) is 1. The summed E-state index contributed by atoms with van der Waals surface area (Å²) >= 11 is 0. The van der Waals surface area contributed by atoms with E-state index in [9.17, 15) is 25.9 Å². The average molecular weight is 514 g/mol. The van der Waals surface area contributed by atoms with Gasteiger partial charge in [0.1, 0.15) is 9.79 Å². The molecule has 3 N–H and O–H groups in total. The van der Waals surface area contributed by atoms with Crippen molar-refractivity contribution in [2.24, 2.45) is 9.98 Å². The number of rotatable bonds is 8. The topological polar surface area (TPSA) is 149 Å². The first kappa shape index (κ1) is 26.0. The van der Waals surface area contributed by atoms with E-state index in [4.69, 9.17) is 0 Å². The van der Waals surface area contributed by atoms with Gasteiger partial charge < -0.3 is 4.98 Å². The average Bonchev–Trinajstić information content (AvgIpc) is 3.08. The van der Waals surface area contributed by atoms with Crippen LogP contribution >= 0.6 is 0 Å². The Labute approximate surface area is 203 Å². The smallest absolute Gasteiger partial charge is 0.295 e. The molecule has 0 spiro atoms. The van der Waals surface area contributed by atoms with E-state index < -0.39 is 30.0 Å². The van der Waals surface area contributed by atoms with Crippen LogP contribution in [0.25, 0.3) is 18.2 Å². The molecule has 3 aromatic rings. The van der Waals surface area contributed by atoms with E-state index >= 15 is 0 Å².